The maximum Gasteiger partial charge on any atom is 0.255 e. The molecule has 0 radical (unpaired) electrons. The second kappa shape index (κ2) is 9.68. The van der Waals surface area contributed by atoms with E-state index in [-0.39, 0.29) is 5.91 Å². The van der Waals surface area contributed by atoms with Gasteiger partial charge in [0.05, 0.1) is 7.11 Å². The predicted molar refractivity (Wildman–Crippen MR) is 122 cm³/mol. The number of hydrogen-bond acceptors (Lipinski definition) is 3. The van der Waals surface area contributed by atoms with Crippen LogP contribution in [0.25, 0.3) is 0 Å². The molecule has 0 aliphatic heterocycles. The predicted octanol–water partition coefficient (Wildman–Crippen LogP) is 6.61. The molecule has 156 valence electrons. The number of amides is 1. The van der Waals surface area contributed by atoms with Gasteiger partial charge in [0.2, 0.25) is 0 Å². The third-order valence-electron chi connectivity index (χ3n) is 4.90. The summed E-state index contributed by atoms with van der Waals surface area (Å²) in [6, 6.07) is 18.7. The molecular weight excluding hydrogens is 398 g/mol. The van der Waals surface area contributed by atoms with E-state index in [9.17, 15) is 4.79 Å². The number of benzene rings is 3. The minimum atomic E-state index is -0.202. The van der Waals surface area contributed by atoms with Gasteiger partial charge in [-0.05, 0) is 66.4 Å². The highest BCUT2D eigenvalue weighted by atomic mass is 35.5. The Labute approximate surface area is 182 Å². The second-order valence-corrected chi connectivity index (χ2v) is 7.86. The maximum atomic E-state index is 12.8. The highest BCUT2D eigenvalue weighted by Crippen LogP contribution is 2.29. The lowest BCUT2D eigenvalue weighted by molar-refractivity contribution is 0.102. The summed E-state index contributed by atoms with van der Waals surface area (Å²) in [7, 11) is 1.61. The number of carbonyl (C=O) groups excluding carboxylic acids is 1. The number of rotatable bonds is 7. The van der Waals surface area contributed by atoms with Crippen molar-refractivity contribution in [2.75, 3.05) is 12.4 Å². The minimum Gasteiger partial charge on any atom is -0.496 e. The van der Waals surface area contributed by atoms with Crippen LogP contribution >= 0.6 is 11.6 Å². The van der Waals surface area contributed by atoms with E-state index in [0.717, 1.165) is 28.1 Å². The first-order chi connectivity index (χ1) is 14.4. The number of hydrogen-bond donors (Lipinski definition) is 1. The number of ether oxygens (including phenoxy) is 2. The Morgan fingerprint density at radius 3 is 2.50 bits per heavy atom. The van der Waals surface area contributed by atoms with Gasteiger partial charge in [-0.1, -0.05) is 43.6 Å². The minimum absolute atomic E-state index is 0.202. The molecule has 0 aliphatic carbocycles. The third kappa shape index (κ3) is 5.14. The number of aryl methyl sites for hydroxylation is 1. The first-order valence-corrected chi connectivity index (χ1v) is 10.2. The molecule has 0 heterocycles. The zero-order valence-corrected chi connectivity index (χ0v) is 18.4. The fraction of sp³-hybridized carbons (Fsp3) is 0.240. The molecule has 1 amide bonds. The molecule has 0 saturated carbocycles. The van der Waals surface area contributed by atoms with Crippen molar-refractivity contribution >= 4 is 23.2 Å². The van der Waals surface area contributed by atoms with Crippen LogP contribution in [0.15, 0.2) is 60.7 Å². The van der Waals surface area contributed by atoms with Crippen LogP contribution in [0.3, 0.4) is 0 Å². The zero-order chi connectivity index (χ0) is 21.7. The summed E-state index contributed by atoms with van der Waals surface area (Å²) in [6.07, 6.45) is 0. The van der Waals surface area contributed by atoms with Crippen molar-refractivity contribution in [2.24, 2.45) is 0 Å². The first kappa shape index (κ1) is 21.7. The molecule has 0 bridgehead atoms. The molecule has 3 rings (SSSR count). The Bertz CT molecular complexity index is 1050. The normalized spacial score (nSPS) is 10.7. The SMILES string of the molecule is COc1ccc(C(=O)Nc2ccc(Cl)cc2C)cc1COc1ccccc1C(C)C. The quantitative estimate of drug-likeness (QED) is 0.465. The number of anilines is 1. The van der Waals surface area contributed by atoms with Crippen molar-refractivity contribution in [3.8, 4) is 11.5 Å². The molecule has 0 aliphatic rings. The Morgan fingerprint density at radius 2 is 1.80 bits per heavy atom. The smallest absolute Gasteiger partial charge is 0.255 e. The van der Waals surface area contributed by atoms with Crippen LogP contribution < -0.4 is 14.8 Å². The summed E-state index contributed by atoms with van der Waals surface area (Å²) in [4.78, 5) is 12.8. The topological polar surface area (TPSA) is 47.6 Å². The van der Waals surface area contributed by atoms with Gasteiger partial charge < -0.3 is 14.8 Å². The number of methoxy groups -OCH3 is 1. The van der Waals surface area contributed by atoms with Crippen LogP contribution in [0.5, 0.6) is 11.5 Å². The van der Waals surface area contributed by atoms with Gasteiger partial charge in [-0.2, -0.15) is 0 Å². The summed E-state index contributed by atoms with van der Waals surface area (Å²) in [6.45, 7) is 6.47. The van der Waals surface area contributed by atoms with Gasteiger partial charge in [0.15, 0.2) is 0 Å². The van der Waals surface area contributed by atoms with Crippen molar-refractivity contribution < 1.29 is 14.3 Å². The van der Waals surface area contributed by atoms with Gasteiger partial charge in [-0.3, -0.25) is 4.79 Å². The summed E-state index contributed by atoms with van der Waals surface area (Å²) in [5, 5.41) is 3.57. The molecular formula is C25H26ClNO3. The Hall–Kier alpha value is -2.98. The van der Waals surface area contributed by atoms with E-state index in [2.05, 4.69) is 25.2 Å². The van der Waals surface area contributed by atoms with Gasteiger partial charge in [0, 0.05) is 21.8 Å². The maximum absolute atomic E-state index is 12.8. The van der Waals surface area contributed by atoms with Crippen LogP contribution in [0.4, 0.5) is 5.69 Å². The van der Waals surface area contributed by atoms with Crippen molar-refractivity contribution in [1.82, 2.24) is 0 Å². The van der Waals surface area contributed by atoms with E-state index < -0.39 is 0 Å². The summed E-state index contributed by atoms with van der Waals surface area (Å²) < 4.78 is 11.6. The number of nitrogens with one attached hydrogen (secondary N) is 1. The molecule has 0 atom stereocenters. The Kier molecular flexibility index (Phi) is 7.01. The van der Waals surface area contributed by atoms with E-state index in [0.29, 0.717) is 28.9 Å². The van der Waals surface area contributed by atoms with Gasteiger partial charge in [0.25, 0.3) is 5.91 Å². The Balaban J connectivity index is 1.80. The summed E-state index contributed by atoms with van der Waals surface area (Å²) in [5.41, 5.74) is 4.10. The Morgan fingerprint density at radius 1 is 1.03 bits per heavy atom. The largest absolute Gasteiger partial charge is 0.496 e. The zero-order valence-electron chi connectivity index (χ0n) is 17.7. The fourth-order valence-electron chi connectivity index (χ4n) is 3.24. The first-order valence-electron chi connectivity index (χ1n) is 9.85. The van der Waals surface area contributed by atoms with Gasteiger partial charge in [-0.25, -0.2) is 0 Å². The summed E-state index contributed by atoms with van der Waals surface area (Å²) >= 11 is 6.00. The molecule has 1 N–H and O–H groups in total. The van der Waals surface area contributed by atoms with Gasteiger partial charge in [0.1, 0.15) is 18.1 Å². The van der Waals surface area contributed by atoms with E-state index in [1.165, 1.54) is 0 Å². The van der Waals surface area contributed by atoms with Gasteiger partial charge >= 0.3 is 0 Å². The molecule has 30 heavy (non-hydrogen) atoms. The van der Waals surface area contributed by atoms with E-state index in [1.54, 1.807) is 37.4 Å². The third-order valence-corrected chi connectivity index (χ3v) is 5.14. The van der Waals surface area contributed by atoms with Crippen molar-refractivity contribution in [3.63, 3.8) is 0 Å². The van der Waals surface area contributed by atoms with Crippen molar-refractivity contribution in [2.45, 2.75) is 33.3 Å². The second-order valence-electron chi connectivity index (χ2n) is 7.42. The van der Waals surface area contributed by atoms with Crippen LogP contribution in [-0.4, -0.2) is 13.0 Å². The molecule has 0 fully saturated rings. The number of halogens is 1. The monoisotopic (exact) mass is 423 g/mol. The molecule has 0 saturated heterocycles. The molecule has 0 spiro atoms. The lowest BCUT2D eigenvalue weighted by atomic mass is 10.0. The molecule has 3 aromatic carbocycles. The molecule has 3 aromatic rings. The molecule has 4 nitrogen and oxygen atoms in total. The number of para-hydroxylation sites is 1. The van der Waals surface area contributed by atoms with Crippen LogP contribution in [-0.2, 0) is 6.61 Å². The lowest BCUT2D eigenvalue weighted by Crippen LogP contribution is -2.13. The van der Waals surface area contributed by atoms with E-state index >= 15 is 0 Å². The average Bonchev–Trinajstić information content (AvgIpc) is 2.74. The molecule has 0 aromatic heterocycles. The van der Waals surface area contributed by atoms with Crippen molar-refractivity contribution in [3.05, 3.63) is 87.9 Å². The van der Waals surface area contributed by atoms with Crippen molar-refractivity contribution in [1.29, 1.82) is 0 Å². The highest BCUT2D eigenvalue weighted by Gasteiger charge is 2.14. The van der Waals surface area contributed by atoms with E-state index in [1.807, 2.05) is 31.2 Å². The van der Waals surface area contributed by atoms with Crippen LogP contribution in [0.2, 0.25) is 5.02 Å². The highest BCUT2D eigenvalue weighted by molar-refractivity contribution is 6.30. The van der Waals surface area contributed by atoms with E-state index in [4.69, 9.17) is 21.1 Å². The molecule has 0 unspecified atom stereocenters. The van der Waals surface area contributed by atoms with Gasteiger partial charge in [-0.15, -0.1) is 0 Å². The lowest BCUT2D eigenvalue weighted by Gasteiger charge is -2.16. The average molecular weight is 424 g/mol. The molecule has 5 heteroatoms. The number of carbonyl (C=O) groups is 1. The standard InChI is InChI=1S/C25H26ClNO3/c1-16(2)21-7-5-6-8-24(21)30-15-19-14-18(9-12-23(19)29-4)25(28)27-22-11-10-20(26)13-17(22)3/h5-14,16H,15H2,1-4H3,(H,27,28). The van der Waals surface area contributed by atoms with Crippen LogP contribution in [0, 0.1) is 6.92 Å². The van der Waals surface area contributed by atoms with Crippen LogP contribution in [0.1, 0.15) is 46.8 Å². The summed E-state index contributed by atoms with van der Waals surface area (Å²) in [5.74, 6) is 1.66. The fourth-order valence-corrected chi connectivity index (χ4v) is 3.47.